The molecule has 0 amide bonds. The highest BCUT2D eigenvalue weighted by Gasteiger charge is 2.46. The Hall–Kier alpha value is -3.67. The molecule has 168 valence electrons. The third kappa shape index (κ3) is 3.97. The SMILES string of the molecule is C=C(/C(=C1/NCC2(CC2)CN1C)c1ccc(=O)n(-c2ccccc2C)n1)c1ccc(F)cc1. The van der Waals surface area contributed by atoms with Crippen molar-refractivity contribution in [3.05, 3.63) is 106 Å². The highest BCUT2D eigenvalue weighted by molar-refractivity contribution is 6.04. The number of aromatic nitrogens is 2. The summed E-state index contributed by atoms with van der Waals surface area (Å²) >= 11 is 0. The lowest BCUT2D eigenvalue weighted by Crippen LogP contribution is -2.45. The Morgan fingerprint density at radius 1 is 1.09 bits per heavy atom. The molecule has 1 N–H and O–H groups in total. The number of benzene rings is 2. The first-order chi connectivity index (χ1) is 15.9. The second-order valence-corrected chi connectivity index (χ2v) is 9.17. The van der Waals surface area contributed by atoms with E-state index in [0.717, 1.165) is 46.9 Å². The Bertz CT molecular complexity index is 1320. The maximum absolute atomic E-state index is 13.6. The van der Waals surface area contributed by atoms with Crippen LogP contribution in [0.2, 0.25) is 0 Å². The number of allylic oxidation sites excluding steroid dienone is 2. The normalized spacial score (nSPS) is 18.1. The Balaban J connectivity index is 1.67. The molecule has 0 bridgehead atoms. The zero-order valence-corrected chi connectivity index (χ0v) is 18.9. The van der Waals surface area contributed by atoms with Gasteiger partial charge in [-0.25, -0.2) is 4.39 Å². The zero-order valence-electron chi connectivity index (χ0n) is 18.9. The van der Waals surface area contributed by atoms with Crippen molar-refractivity contribution in [2.24, 2.45) is 5.41 Å². The van der Waals surface area contributed by atoms with E-state index in [1.807, 2.05) is 31.2 Å². The molecule has 0 radical (unpaired) electrons. The van der Waals surface area contributed by atoms with Crippen LogP contribution >= 0.6 is 0 Å². The molecule has 1 spiro atoms. The van der Waals surface area contributed by atoms with Crippen LogP contribution in [0.25, 0.3) is 16.8 Å². The van der Waals surface area contributed by atoms with Crippen LogP contribution in [0.3, 0.4) is 0 Å². The van der Waals surface area contributed by atoms with E-state index in [1.165, 1.54) is 29.7 Å². The number of halogens is 1. The summed E-state index contributed by atoms with van der Waals surface area (Å²) in [7, 11) is 2.07. The third-order valence-corrected chi connectivity index (χ3v) is 6.67. The van der Waals surface area contributed by atoms with Crippen molar-refractivity contribution in [2.45, 2.75) is 19.8 Å². The van der Waals surface area contributed by atoms with E-state index in [-0.39, 0.29) is 11.4 Å². The maximum Gasteiger partial charge on any atom is 0.271 e. The van der Waals surface area contributed by atoms with Gasteiger partial charge in [0, 0.05) is 37.2 Å². The minimum atomic E-state index is -0.296. The van der Waals surface area contributed by atoms with Crippen molar-refractivity contribution in [3.63, 3.8) is 0 Å². The number of nitrogens with one attached hydrogen (secondary N) is 1. The molecule has 5 nitrogen and oxygen atoms in total. The van der Waals surface area contributed by atoms with E-state index in [1.54, 1.807) is 24.3 Å². The summed E-state index contributed by atoms with van der Waals surface area (Å²) in [6.45, 7) is 8.16. The van der Waals surface area contributed by atoms with Gasteiger partial charge in [0.2, 0.25) is 0 Å². The fourth-order valence-electron chi connectivity index (χ4n) is 4.57. The van der Waals surface area contributed by atoms with Crippen molar-refractivity contribution < 1.29 is 4.39 Å². The molecule has 0 unspecified atom stereocenters. The predicted octanol–water partition coefficient (Wildman–Crippen LogP) is 4.38. The van der Waals surface area contributed by atoms with Crippen LogP contribution < -0.4 is 10.9 Å². The number of hydrogen-bond donors (Lipinski definition) is 1. The van der Waals surface area contributed by atoms with E-state index in [4.69, 9.17) is 5.10 Å². The fourth-order valence-corrected chi connectivity index (χ4v) is 4.57. The van der Waals surface area contributed by atoms with Gasteiger partial charge in [0.05, 0.1) is 11.4 Å². The average Bonchev–Trinajstić information content (AvgIpc) is 3.56. The van der Waals surface area contributed by atoms with Gasteiger partial charge < -0.3 is 10.2 Å². The van der Waals surface area contributed by atoms with Crippen LogP contribution in [-0.4, -0.2) is 34.8 Å². The summed E-state index contributed by atoms with van der Waals surface area (Å²) in [5.41, 5.74) is 4.80. The maximum atomic E-state index is 13.6. The second-order valence-electron chi connectivity index (χ2n) is 9.17. The topological polar surface area (TPSA) is 50.2 Å². The van der Waals surface area contributed by atoms with E-state index < -0.39 is 0 Å². The lowest BCUT2D eigenvalue weighted by Gasteiger charge is -2.37. The summed E-state index contributed by atoms with van der Waals surface area (Å²) in [5.74, 6) is 0.625. The minimum Gasteiger partial charge on any atom is -0.371 e. The molecule has 5 rings (SSSR count). The monoisotopic (exact) mass is 442 g/mol. The van der Waals surface area contributed by atoms with E-state index in [0.29, 0.717) is 11.1 Å². The van der Waals surface area contributed by atoms with Gasteiger partial charge in [0.25, 0.3) is 5.56 Å². The third-order valence-electron chi connectivity index (χ3n) is 6.67. The molecule has 33 heavy (non-hydrogen) atoms. The smallest absolute Gasteiger partial charge is 0.271 e. The molecular weight excluding hydrogens is 415 g/mol. The van der Waals surface area contributed by atoms with E-state index >= 15 is 0 Å². The number of rotatable bonds is 4. The predicted molar refractivity (Wildman–Crippen MR) is 129 cm³/mol. The highest BCUT2D eigenvalue weighted by atomic mass is 19.1. The molecule has 2 aliphatic rings. The van der Waals surface area contributed by atoms with Gasteiger partial charge in [-0.1, -0.05) is 36.9 Å². The Labute approximate surface area is 192 Å². The standard InChI is InChI=1S/C27H27FN4O/c1-18-6-4-5-7-23(18)32-24(33)13-12-22(30-32)25(19(2)20-8-10-21(28)11-9-20)26-29-16-27(14-15-27)17-31(26)3/h4-13,29H,2,14-17H2,1,3H3/b26-25+. The molecule has 2 fully saturated rings. The van der Waals surface area contributed by atoms with Crippen LogP contribution in [0.5, 0.6) is 0 Å². The van der Waals surface area contributed by atoms with Gasteiger partial charge in [0.15, 0.2) is 0 Å². The molecule has 1 aliphatic carbocycles. The molecule has 1 aromatic heterocycles. The van der Waals surface area contributed by atoms with Crippen LogP contribution in [0, 0.1) is 18.2 Å². The Morgan fingerprint density at radius 3 is 2.48 bits per heavy atom. The minimum absolute atomic E-state index is 0.202. The molecule has 2 aromatic carbocycles. The number of nitrogens with zero attached hydrogens (tertiary/aromatic N) is 3. The molecule has 6 heteroatoms. The van der Waals surface area contributed by atoms with Gasteiger partial charge in [-0.05, 0) is 60.7 Å². The lowest BCUT2D eigenvalue weighted by molar-refractivity contribution is 0.245. The first kappa shape index (κ1) is 21.2. The van der Waals surface area contributed by atoms with Crippen LogP contribution in [0.15, 0.2) is 77.9 Å². The fraction of sp³-hybridized carbons (Fsp3) is 0.259. The van der Waals surface area contributed by atoms with E-state index in [9.17, 15) is 9.18 Å². The molecule has 1 saturated heterocycles. The van der Waals surface area contributed by atoms with Crippen LogP contribution in [0.4, 0.5) is 4.39 Å². The van der Waals surface area contributed by atoms with Crippen LogP contribution in [0.1, 0.15) is 29.7 Å². The second kappa shape index (κ2) is 8.03. The lowest BCUT2D eigenvalue weighted by atomic mass is 9.94. The van der Waals surface area contributed by atoms with Crippen molar-refractivity contribution in [1.29, 1.82) is 0 Å². The molecule has 1 aliphatic heterocycles. The molecular formula is C27H27FN4O. The zero-order chi connectivity index (χ0) is 23.2. The van der Waals surface area contributed by atoms with Crippen LogP contribution in [-0.2, 0) is 0 Å². The van der Waals surface area contributed by atoms with Gasteiger partial charge in [0.1, 0.15) is 11.6 Å². The first-order valence-corrected chi connectivity index (χ1v) is 11.2. The summed E-state index contributed by atoms with van der Waals surface area (Å²) in [4.78, 5) is 15.0. The molecule has 3 aromatic rings. The average molecular weight is 443 g/mol. The highest BCUT2D eigenvalue weighted by Crippen LogP contribution is 2.48. The van der Waals surface area contributed by atoms with Crippen molar-refractivity contribution >= 4 is 11.1 Å². The van der Waals surface area contributed by atoms with Gasteiger partial charge in [-0.2, -0.15) is 9.78 Å². The largest absolute Gasteiger partial charge is 0.371 e. The first-order valence-electron chi connectivity index (χ1n) is 11.2. The van der Waals surface area contributed by atoms with Gasteiger partial charge >= 0.3 is 0 Å². The molecule has 1 saturated carbocycles. The molecule has 2 heterocycles. The van der Waals surface area contributed by atoms with Crippen molar-refractivity contribution in [2.75, 3.05) is 20.1 Å². The quantitative estimate of drug-likeness (QED) is 0.652. The van der Waals surface area contributed by atoms with Gasteiger partial charge in [-0.3, -0.25) is 4.79 Å². The number of aryl methyl sites for hydroxylation is 1. The Kier molecular flexibility index (Phi) is 5.16. The molecule has 0 atom stereocenters. The van der Waals surface area contributed by atoms with E-state index in [2.05, 4.69) is 23.8 Å². The van der Waals surface area contributed by atoms with Gasteiger partial charge in [-0.15, -0.1) is 0 Å². The summed E-state index contributed by atoms with van der Waals surface area (Å²) in [6, 6.07) is 17.3. The number of hydrogen-bond acceptors (Lipinski definition) is 4. The summed E-state index contributed by atoms with van der Waals surface area (Å²) < 4.78 is 15.0. The summed E-state index contributed by atoms with van der Waals surface area (Å²) in [6.07, 6.45) is 2.45. The van der Waals surface area contributed by atoms with Crippen molar-refractivity contribution in [3.8, 4) is 5.69 Å². The summed E-state index contributed by atoms with van der Waals surface area (Å²) in [5, 5.41) is 8.38. The number of para-hydroxylation sites is 1. The van der Waals surface area contributed by atoms with Crippen molar-refractivity contribution in [1.82, 2.24) is 20.0 Å². The Morgan fingerprint density at radius 2 is 1.82 bits per heavy atom.